The number of carboxylic acids is 1. The second-order valence-corrected chi connectivity index (χ2v) is 6.88. The normalized spacial score (nSPS) is 16.0. The third-order valence-corrected chi connectivity index (χ3v) is 4.93. The van der Waals surface area contributed by atoms with Gasteiger partial charge in [0.05, 0.1) is 13.1 Å². The molecule has 2 aromatic rings. The highest BCUT2D eigenvalue weighted by Crippen LogP contribution is 2.37. The molecule has 0 unspecified atom stereocenters. The number of fused-ring (bicyclic) bond motifs is 1. The summed E-state index contributed by atoms with van der Waals surface area (Å²) in [5.74, 6) is -0.357. The number of hydrogen-bond donors (Lipinski definition) is 4. The number of nitrogens with one attached hydrogen (secondary N) is 1. The first-order valence-corrected chi connectivity index (χ1v) is 8.96. The Morgan fingerprint density at radius 1 is 1.21 bits per heavy atom. The Kier molecular flexibility index (Phi) is 4.60. The largest absolute Gasteiger partial charge is 0.535 e. The second-order valence-electron chi connectivity index (χ2n) is 6.88. The number of carbonyl (C=O) groups is 1. The lowest BCUT2D eigenvalue weighted by Crippen LogP contribution is -2.56. The average molecular weight is 382 g/mol. The van der Waals surface area contributed by atoms with E-state index in [1.807, 2.05) is 0 Å². The van der Waals surface area contributed by atoms with Crippen molar-refractivity contribution in [1.29, 1.82) is 5.41 Å². The van der Waals surface area contributed by atoms with Crippen molar-refractivity contribution in [3.8, 4) is 17.2 Å². The van der Waals surface area contributed by atoms with Gasteiger partial charge in [-0.2, -0.15) is 0 Å². The zero-order valence-corrected chi connectivity index (χ0v) is 15.0. The van der Waals surface area contributed by atoms with Crippen molar-refractivity contribution in [2.45, 2.75) is 18.8 Å². The summed E-state index contributed by atoms with van der Waals surface area (Å²) in [5, 5.41) is 36.9. The monoisotopic (exact) mass is 382 g/mol. The number of benzene rings is 2. The second kappa shape index (κ2) is 7.08. The van der Waals surface area contributed by atoms with Crippen LogP contribution in [-0.2, 0) is 6.42 Å². The van der Waals surface area contributed by atoms with Gasteiger partial charge in [-0.15, -0.1) is 0 Å². The smallest absolute Gasteiger partial charge is 0.522 e. The lowest BCUT2D eigenvalue weighted by atomic mass is 9.78. The summed E-state index contributed by atoms with van der Waals surface area (Å²) in [6.45, 7) is 0.888. The van der Waals surface area contributed by atoms with Gasteiger partial charge >= 0.3 is 13.1 Å². The Bertz CT molecular complexity index is 927. The van der Waals surface area contributed by atoms with Crippen LogP contribution in [0.2, 0.25) is 6.32 Å². The number of amidine groups is 1. The van der Waals surface area contributed by atoms with E-state index < -0.39 is 13.1 Å². The van der Waals surface area contributed by atoms with Gasteiger partial charge < -0.3 is 29.5 Å². The van der Waals surface area contributed by atoms with E-state index >= 15 is 0 Å². The summed E-state index contributed by atoms with van der Waals surface area (Å²) in [6.07, 6.45) is 0.698. The van der Waals surface area contributed by atoms with Crippen molar-refractivity contribution in [3.63, 3.8) is 0 Å². The van der Waals surface area contributed by atoms with Crippen LogP contribution in [0.1, 0.15) is 21.5 Å². The highest BCUT2D eigenvalue weighted by Gasteiger charge is 2.34. The van der Waals surface area contributed by atoms with Gasteiger partial charge in [0.25, 0.3) is 0 Å². The Labute approximate surface area is 161 Å². The summed E-state index contributed by atoms with van der Waals surface area (Å²) < 4.78 is 11.2. The van der Waals surface area contributed by atoms with Crippen LogP contribution in [0, 0.1) is 5.41 Å². The van der Waals surface area contributed by atoms with Gasteiger partial charge in [-0.25, -0.2) is 4.79 Å². The maximum absolute atomic E-state index is 11.8. The molecule has 0 bridgehead atoms. The Hall–Kier alpha value is -3.20. The summed E-state index contributed by atoms with van der Waals surface area (Å²) >= 11 is 0. The SMILES string of the molecule is N=C(c1ccc(O)cc1)N1CC(Oc2ccc3c(c2C(=O)O)OB(O)CC3)C1. The zero-order valence-electron chi connectivity index (χ0n) is 15.0. The number of phenols is 1. The summed E-state index contributed by atoms with van der Waals surface area (Å²) in [7, 11) is -1.02. The quantitative estimate of drug-likeness (QED) is 0.360. The van der Waals surface area contributed by atoms with Gasteiger partial charge in [0.15, 0.2) is 0 Å². The van der Waals surface area contributed by atoms with Crippen molar-refractivity contribution in [2.24, 2.45) is 0 Å². The molecule has 1 fully saturated rings. The van der Waals surface area contributed by atoms with E-state index in [1.54, 1.807) is 29.2 Å². The molecule has 28 heavy (non-hydrogen) atoms. The number of ether oxygens (including phenoxy) is 1. The van der Waals surface area contributed by atoms with E-state index in [9.17, 15) is 20.0 Å². The number of likely N-dealkylation sites (tertiary alicyclic amines) is 1. The molecule has 4 N–H and O–H groups in total. The molecule has 0 radical (unpaired) electrons. The highest BCUT2D eigenvalue weighted by atomic mass is 16.5. The standard InChI is InChI=1S/C19H19BN2O6/c21-18(12-1-4-13(23)5-2-12)22-9-14(10-22)27-15-6-3-11-7-8-20(26)28-17(11)16(15)19(24)25/h1-6,14,21,23,26H,7-10H2,(H,24,25). The van der Waals surface area contributed by atoms with Crippen LogP contribution >= 0.6 is 0 Å². The molecule has 144 valence electrons. The molecule has 0 aliphatic carbocycles. The first kappa shape index (κ1) is 18.2. The van der Waals surface area contributed by atoms with Crippen LogP contribution in [0.25, 0.3) is 0 Å². The van der Waals surface area contributed by atoms with Crippen LogP contribution in [0.15, 0.2) is 36.4 Å². The molecule has 2 heterocycles. The molecular formula is C19H19BN2O6. The van der Waals surface area contributed by atoms with Crippen molar-refractivity contribution in [3.05, 3.63) is 53.1 Å². The van der Waals surface area contributed by atoms with Crippen LogP contribution in [-0.4, -0.2) is 58.3 Å². The number of phenolic OH excluding ortho intramolecular Hbond substituents is 1. The number of nitrogens with zero attached hydrogens (tertiary/aromatic N) is 1. The third kappa shape index (κ3) is 3.36. The lowest BCUT2D eigenvalue weighted by molar-refractivity contribution is 0.0597. The number of hydrogen-bond acceptors (Lipinski definition) is 6. The maximum Gasteiger partial charge on any atom is 0.522 e. The average Bonchev–Trinajstić information content (AvgIpc) is 2.63. The molecule has 9 heteroatoms. The summed E-state index contributed by atoms with van der Waals surface area (Å²) in [5.41, 5.74) is 1.33. The molecule has 0 atom stereocenters. The van der Waals surface area contributed by atoms with Crippen molar-refractivity contribution < 1.29 is 29.4 Å². The van der Waals surface area contributed by atoms with E-state index in [2.05, 4.69) is 0 Å². The predicted octanol–water partition coefficient (Wildman–Crippen LogP) is 1.59. The first-order chi connectivity index (χ1) is 13.4. The Morgan fingerprint density at radius 3 is 2.61 bits per heavy atom. The fourth-order valence-electron chi connectivity index (χ4n) is 3.39. The highest BCUT2D eigenvalue weighted by molar-refractivity contribution is 6.44. The molecule has 8 nitrogen and oxygen atoms in total. The summed E-state index contributed by atoms with van der Waals surface area (Å²) in [4.78, 5) is 13.6. The van der Waals surface area contributed by atoms with Gasteiger partial charge in [0.2, 0.25) is 0 Å². The Morgan fingerprint density at radius 2 is 1.93 bits per heavy atom. The van der Waals surface area contributed by atoms with E-state index in [0.29, 0.717) is 37.2 Å². The third-order valence-electron chi connectivity index (χ3n) is 4.93. The van der Waals surface area contributed by atoms with Crippen LogP contribution in [0.4, 0.5) is 0 Å². The molecule has 2 aliphatic heterocycles. The van der Waals surface area contributed by atoms with Crippen LogP contribution in [0.5, 0.6) is 17.2 Å². The van der Waals surface area contributed by atoms with Crippen molar-refractivity contribution >= 4 is 18.9 Å². The number of rotatable bonds is 4. The van der Waals surface area contributed by atoms with Crippen LogP contribution in [0.3, 0.4) is 0 Å². The van der Waals surface area contributed by atoms with Gasteiger partial charge in [0, 0.05) is 5.56 Å². The van der Waals surface area contributed by atoms with E-state index in [-0.39, 0.29) is 28.9 Å². The molecule has 2 aromatic carbocycles. The van der Waals surface area contributed by atoms with Crippen LogP contribution < -0.4 is 9.39 Å². The van der Waals surface area contributed by atoms with Crippen molar-refractivity contribution in [1.82, 2.24) is 4.90 Å². The molecule has 4 rings (SSSR count). The van der Waals surface area contributed by atoms with Crippen molar-refractivity contribution in [2.75, 3.05) is 13.1 Å². The molecule has 0 spiro atoms. The zero-order chi connectivity index (χ0) is 19.8. The first-order valence-electron chi connectivity index (χ1n) is 8.96. The molecule has 0 amide bonds. The molecule has 2 aliphatic rings. The Balaban J connectivity index is 1.46. The minimum Gasteiger partial charge on any atom is -0.535 e. The van der Waals surface area contributed by atoms with Gasteiger partial charge in [-0.1, -0.05) is 6.07 Å². The molecular weight excluding hydrogens is 363 g/mol. The summed E-state index contributed by atoms with van der Waals surface area (Å²) in [6, 6.07) is 9.77. The molecule has 0 aromatic heterocycles. The topological polar surface area (TPSA) is 123 Å². The number of aromatic hydroxyl groups is 1. The fraction of sp³-hybridized carbons (Fsp3) is 0.263. The van der Waals surface area contributed by atoms with E-state index in [4.69, 9.17) is 14.8 Å². The lowest BCUT2D eigenvalue weighted by Gasteiger charge is -2.41. The fourth-order valence-corrected chi connectivity index (χ4v) is 3.39. The number of aryl methyl sites for hydroxylation is 1. The van der Waals surface area contributed by atoms with Gasteiger partial charge in [0.1, 0.15) is 34.8 Å². The number of aromatic carboxylic acids is 1. The van der Waals surface area contributed by atoms with E-state index in [1.165, 1.54) is 12.1 Å². The minimum absolute atomic E-state index is 0.0803. The van der Waals surface area contributed by atoms with Gasteiger partial charge in [-0.05, 0) is 48.6 Å². The predicted molar refractivity (Wildman–Crippen MR) is 101 cm³/mol. The van der Waals surface area contributed by atoms with Gasteiger partial charge in [-0.3, -0.25) is 5.41 Å². The van der Waals surface area contributed by atoms with E-state index in [0.717, 1.165) is 5.56 Å². The maximum atomic E-state index is 11.8. The molecule has 1 saturated heterocycles. The number of carboxylic acid groups (broad SMARTS) is 1. The molecule has 0 saturated carbocycles. The minimum atomic E-state index is -1.17.